The molecule has 0 atom stereocenters. The van der Waals surface area contributed by atoms with Crippen LogP contribution in [0.1, 0.15) is 29.7 Å². The molecule has 0 aromatic carbocycles. The first-order chi connectivity index (χ1) is 8.78. The number of nitrogens with two attached hydrogens (primary N) is 1. The minimum absolute atomic E-state index is 0.465. The van der Waals surface area contributed by atoms with Gasteiger partial charge in [0.15, 0.2) is 5.82 Å². The van der Waals surface area contributed by atoms with Gasteiger partial charge in [0.1, 0.15) is 0 Å². The van der Waals surface area contributed by atoms with E-state index >= 15 is 0 Å². The minimum atomic E-state index is 0.465. The maximum absolute atomic E-state index is 5.91. The number of aromatic nitrogens is 3. The van der Waals surface area contributed by atoms with Gasteiger partial charge >= 0.3 is 0 Å². The van der Waals surface area contributed by atoms with Crippen molar-refractivity contribution < 1.29 is 0 Å². The highest BCUT2D eigenvalue weighted by Gasteiger charge is 2.15. The molecule has 2 aromatic heterocycles. The molecule has 0 aliphatic heterocycles. The molecule has 0 saturated carbocycles. The van der Waals surface area contributed by atoms with E-state index < -0.39 is 0 Å². The number of pyridine rings is 1. The number of halogens is 1. The summed E-state index contributed by atoms with van der Waals surface area (Å²) < 4.78 is 1.71. The first kappa shape index (κ1) is 11.7. The molecule has 2 aromatic rings. The Morgan fingerprint density at radius 2 is 2.17 bits per heavy atom. The number of hydrogen-bond donors (Lipinski definition) is 1. The molecule has 5 heteroatoms. The lowest BCUT2D eigenvalue weighted by Crippen LogP contribution is -2.13. The molecule has 3 rings (SSSR count). The summed E-state index contributed by atoms with van der Waals surface area (Å²) >= 11 is 5.91. The van der Waals surface area contributed by atoms with Gasteiger partial charge in [0.25, 0.3) is 0 Å². The SMILES string of the molecule is NCc1cc2c(nc1-n1cc(Cl)cn1)CCCC2. The van der Waals surface area contributed by atoms with E-state index in [4.69, 9.17) is 22.3 Å². The second-order valence-electron chi connectivity index (χ2n) is 4.59. The Hall–Kier alpha value is -1.39. The van der Waals surface area contributed by atoms with Crippen molar-refractivity contribution in [3.8, 4) is 5.82 Å². The molecule has 0 spiro atoms. The van der Waals surface area contributed by atoms with E-state index in [1.165, 1.54) is 24.1 Å². The van der Waals surface area contributed by atoms with Crippen molar-refractivity contribution in [3.63, 3.8) is 0 Å². The Kier molecular flexibility index (Phi) is 3.06. The topological polar surface area (TPSA) is 56.7 Å². The smallest absolute Gasteiger partial charge is 0.158 e. The fraction of sp³-hybridized carbons (Fsp3) is 0.385. The van der Waals surface area contributed by atoms with Gasteiger partial charge in [-0.25, -0.2) is 9.67 Å². The Morgan fingerprint density at radius 3 is 2.89 bits per heavy atom. The fourth-order valence-electron chi connectivity index (χ4n) is 2.44. The van der Waals surface area contributed by atoms with Crippen LogP contribution in [0.15, 0.2) is 18.5 Å². The fourth-order valence-corrected chi connectivity index (χ4v) is 2.57. The molecular weight excluding hydrogens is 248 g/mol. The predicted octanol–water partition coefficient (Wildman–Crippen LogP) is 2.26. The predicted molar refractivity (Wildman–Crippen MR) is 70.9 cm³/mol. The largest absolute Gasteiger partial charge is 0.326 e. The van der Waals surface area contributed by atoms with Crippen molar-refractivity contribution in [1.29, 1.82) is 0 Å². The molecule has 4 nitrogen and oxygen atoms in total. The Bertz CT molecular complexity index is 576. The standard InChI is InChI=1S/C13H15ClN4/c14-11-7-16-18(8-11)13-10(6-15)5-9-3-1-2-4-12(9)17-13/h5,7-8H,1-4,6,15H2. The van der Waals surface area contributed by atoms with Crippen LogP contribution in [0, 0.1) is 0 Å². The normalized spacial score (nSPS) is 14.6. The molecule has 18 heavy (non-hydrogen) atoms. The summed E-state index contributed by atoms with van der Waals surface area (Å²) in [5.74, 6) is 0.810. The second kappa shape index (κ2) is 4.71. The van der Waals surface area contributed by atoms with E-state index in [0.717, 1.165) is 24.2 Å². The van der Waals surface area contributed by atoms with Gasteiger partial charge in [-0.15, -0.1) is 0 Å². The van der Waals surface area contributed by atoms with Gasteiger partial charge in [-0.2, -0.15) is 5.10 Å². The molecule has 0 amide bonds. The highest BCUT2D eigenvalue weighted by Crippen LogP contribution is 2.24. The second-order valence-corrected chi connectivity index (χ2v) is 5.03. The quantitative estimate of drug-likeness (QED) is 0.903. The number of hydrogen-bond acceptors (Lipinski definition) is 3. The van der Waals surface area contributed by atoms with Crippen LogP contribution in [0.5, 0.6) is 0 Å². The first-order valence-electron chi connectivity index (χ1n) is 6.20. The lowest BCUT2D eigenvalue weighted by atomic mass is 9.95. The van der Waals surface area contributed by atoms with E-state index in [9.17, 15) is 0 Å². The van der Waals surface area contributed by atoms with E-state index in [1.54, 1.807) is 17.1 Å². The summed E-state index contributed by atoms with van der Waals surface area (Å²) in [6, 6.07) is 2.17. The van der Waals surface area contributed by atoms with E-state index in [1.807, 2.05) is 0 Å². The van der Waals surface area contributed by atoms with Gasteiger partial charge in [-0.1, -0.05) is 11.6 Å². The van der Waals surface area contributed by atoms with Gasteiger partial charge in [0.2, 0.25) is 0 Å². The first-order valence-corrected chi connectivity index (χ1v) is 6.58. The number of aryl methyl sites for hydroxylation is 2. The van der Waals surface area contributed by atoms with E-state index in [-0.39, 0.29) is 0 Å². The molecule has 1 aliphatic carbocycles. The number of rotatable bonds is 2. The summed E-state index contributed by atoms with van der Waals surface area (Å²) in [5.41, 5.74) is 9.35. The van der Waals surface area contributed by atoms with Crippen LogP contribution in [-0.4, -0.2) is 14.8 Å². The zero-order valence-corrected chi connectivity index (χ0v) is 10.8. The molecule has 0 bridgehead atoms. The molecule has 94 valence electrons. The summed E-state index contributed by atoms with van der Waals surface area (Å²) in [4.78, 5) is 4.73. The van der Waals surface area contributed by atoms with Gasteiger partial charge in [0, 0.05) is 17.8 Å². The van der Waals surface area contributed by atoms with Crippen LogP contribution in [0.2, 0.25) is 5.02 Å². The highest BCUT2D eigenvalue weighted by molar-refractivity contribution is 6.30. The molecule has 0 radical (unpaired) electrons. The van der Waals surface area contributed by atoms with Crippen molar-refractivity contribution in [2.75, 3.05) is 0 Å². The van der Waals surface area contributed by atoms with Crippen LogP contribution in [0.3, 0.4) is 0 Å². The van der Waals surface area contributed by atoms with Crippen LogP contribution in [0.4, 0.5) is 0 Å². The van der Waals surface area contributed by atoms with Gasteiger partial charge in [0.05, 0.1) is 17.4 Å². The zero-order chi connectivity index (χ0) is 12.5. The lowest BCUT2D eigenvalue weighted by molar-refractivity contribution is 0.658. The van der Waals surface area contributed by atoms with Crippen molar-refractivity contribution >= 4 is 11.6 Å². The van der Waals surface area contributed by atoms with Gasteiger partial charge in [-0.3, -0.25) is 0 Å². The lowest BCUT2D eigenvalue weighted by Gasteiger charge is -2.18. The molecule has 2 heterocycles. The highest BCUT2D eigenvalue weighted by atomic mass is 35.5. The summed E-state index contributed by atoms with van der Waals surface area (Å²) in [5, 5.41) is 4.82. The Balaban J connectivity index is 2.12. The monoisotopic (exact) mass is 262 g/mol. The van der Waals surface area contributed by atoms with E-state index in [0.29, 0.717) is 11.6 Å². The van der Waals surface area contributed by atoms with Crippen molar-refractivity contribution in [1.82, 2.24) is 14.8 Å². The van der Waals surface area contributed by atoms with Crippen LogP contribution in [0.25, 0.3) is 5.82 Å². The zero-order valence-electron chi connectivity index (χ0n) is 10.1. The maximum Gasteiger partial charge on any atom is 0.158 e. The molecule has 1 aliphatic rings. The van der Waals surface area contributed by atoms with E-state index in [2.05, 4.69) is 11.2 Å². The number of fused-ring (bicyclic) bond motifs is 1. The van der Waals surface area contributed by atoms with Crippen molar-refractivity contribution in [2.24, 2.45) is 5.73 Å². The molecule has 0 fully saturated rings. The molecule has 0 unspecified atom stereocenters. The third-order valence-electron chi connectivity index (χ3n) is 3.34. The molecular formula is C13H15ClN4. The van der Waals surface area contributed by atoms with Crippen molar-refractivity contribution in [2.45, 2.75) is 32.2 Å². The minimum Gasteiger partial charge on any atom is -0.326 e. The average Bonchev–Trinajstić information content (AvgIpc) is 2.83. The Labute approximate surface area is 111 Å². The third kappa shape index (κ3) is 2.02. The number of nitrogens with zero attached hydrogens (tertiary/aromatic N) is 3. The molecule has 2 N–H and O–H groups in total. The Morgan fingerprint density at radius 1 is 1.33 bits per heavy atom. The summed E-state index contributed by atoms with van der Waals surface area (Å²) in [6.07, 6.45) is 7.98. The average molecular weight is 263 g/mol. The van der Waals surface area contributed by atoms with Gasteiger partial charge in [-0.05, 0) is 37.3 Å². The maximum atomic E-state index is 5.91. The van der Waals surface area contributed by atoms with Gasteiger partial charge < -0.3 is 5.73 Å². The summed E-state index contributed by atoms with van der Waals surface area (Å²) in [6.45, 7) is 0.465. The van der Waals surface area contributed by atoms with Crippen molar-refractivity contribution in [3.05, 3.63) is 40.3 Å². The van der Waals surface area contributed by atoms with Crippen LogP contribution in [-0.2, 0) is 19.4 Å². The van der Waals surface area contributed by atoms with Crippen LogP contribution >= 0.6 is 11.6 Å². The summed E-state index contributed by atoms with van der Waals surface area (Å²) in [7, 11) is 0. The molecule has 0 saturated heterocycles. The third-order valence-corrected chi connectivity index (χ3v) is 3.54. The van der Waals surface area contributed by atoms with Crippen LogP contribution < -0.4 is 5.73 Å².